The molecule has 0 aromatic carbocycles. The smallest absolute Gasteiger partial charge is 0.303 e. The Bertz CT molecular complexity index is 254. The van der Waals surface area contributed by atoms with Crippen LogP contribution in [0.4, 0.5) is 0 Å². The monoisotopic (exact) mass is 183 g/mol. The van der Waals surface area contributed by atoms with Crippen LogP contribution in [0.2, 0.25) is 0 Å². The first kappa shape index (κ1) is 11.6. The number of Topliss-reactive ketones (excluding diaryl/α,β-unsaturated/α-hetero) is 1. The quantitative estimate of drug-likeness (QED) is 0.614. The Morgan fingerprint density at radius 3 is 2.31 bits per heavy atom. The van der Waals surface area contributed by atoms with Crippen LogP contribution in [0.25, 0.3) is 0 Å². The van der Waals surface area contributed by atoms with E-state index < -0.39 is 11.6 Å². The standard InChI is InChI=1S/C9H13NO3/c1-7(11)9(3,5-4-6-10)13-8(2)12/h4-5H2,1-3H3. The summed E-state index contributed by atoms with van der Waals surface area (Å²) in [5.41, 5.74) is -1.14. The summed E-state index contributed by atoms with van der Waals surface area (Å²) >= 11 is 0. The minimum Gasteiger partial charge on any atom is -0.452 e. The summed E-state index contributed by atoms with van der Waals surface area (Å²) in [5.74, 6) is -0.742. The van der Waals surface area contributed by atoms with Gasteiger partial charge in [0.25, 0.3) is 0 Å². The average Bonchev–Trinajstić information content (AvgIpc) is 1.99. The van der Waals surface area contributed by atoms with E-state index in [1.807, 2.05) is 6.07 Å². The second kappa shape index (κ2) is 4.61. The van der Waals surface area contributed by atoms with Crippen molar-refractivity contribution in [3.8, 4) is 6.07 Å². The molecule has 4 nitrogen and oxygen atoms in total. The molecule has 0 N–H and O–H groups in total. The summed E-state index contributed by atoms with van der Waals surface area (Å²) in [7, 11) is 0. The minimum absolute atomic E-state index is 0.198. The predicted molar refractivity (Wildman–Crippen MR) is 45.7 cm³/mol. The van der Waals surface area contributed by atoms with Gasteiger partial charge >= 0.3 is 5.97 Å². The lowest BCUT2D eigenvalue weighted by Gasteiger charge is -2.24. The number of esters is 1. The molecule has 0 spiro atoms. The molecule has 0 saturated heterocycles. The van der Waals surface area contributed by atoms with Gasteiger partial charge in [-0.05, 0) is 13.8 Å². The zero-order valence-corrected chi connectivity index (χ0v) is 8.09. The van der Waals surface area contributed by atoms with E-state index in [9.17, 15) is 9.59 Å². The maximum Gasteiger partial charge on any atom is 0.303 e. The van der Waals surface area contributed by atoms with Gasteiger partial charge in [0.05, 0.1) is 6.07 Å². The third-order valence-electron chi connectivity index (χ3n) is 1.83. The van der Waals surface area contributed by atoms with Crippen molar-refractivity contribution in [3.05, 3.63) is 0 Å². The van der Waals surface area contributed by atoms with Gasteiger partial charge in [-0.25, -0.2) is 0 Å². The van der Waals surface area contributed by atoms with Crippen molar-refractivity contribution in [2.24, 2.45) is 0 Å². The van der Waals surface area contributed by atoms with E-state index in [0.29, 0.717) is 0 Å². The molecule has 0 bridgehead atoms. The van der Waals surface area contributed by atoms with Crippen molar-refractivity contribution >= 4 is 11.8 Å². The average molecular weight is 183 g/mol. The van der Waals surface area contributed by atoms with Crippen molar-refractivity contribution in [1.29, 1.82) is 5.26 Å². The number of hydrogen-bond donors (Lipinski definition) is 0. The molecule has 0 aliphatic carbocycles. The Kier molecular flexibility index (Phi) is 4.12. The third kappa shape index (κ3) is 3.70. The lowest BCUT2D eigenvalue weighted by molar-refractivity contribution is -0.163. The summed E-state index contributed by atoms with van der Waals surface area (Å²) in [5, 5.41) is 8.34. The molecule has 0 heterocycles. The molecule has 0 amide bonds. The fourth-order valence-electron chi connectivity index (χ4n) is 0.911. The van der Waals surface area contributed by atoms with Crippen LogP contribution in [-0.2, 0) is 14.3 Å². The fourth-order valence-corrected chi connectivity index (χ4v) is 0.911. The minimum atomic E-state index is -1.14. The van der Waals surface area contributed by atoms with Gasteiger partial charge in [-0.2, -0.15) is 5.26 Å². The predicted octanol–water partition coefficient (Wildman–Crippen LogP) is 1.20. The molecule has 13 heavy (non-hydrogen) atoms. The number of carbonyl (C=O) groups excluding carboxylic acids is 2. The van der Waals surface area contributed by atoms with E-state index in [4.69, 9.17) is 10.00 Å². The van der Waals surface area contributed by atoms with Crippen LogP contribution in [-0.4, -0.2) is 17.4 Å². The highest BCUT2D eigenvalue weighted by Crippen LogP contribution is 2.18. The number of hydrogen-bond acceptors (Lipinski definition) is 4. The van der Waals surface area contributed by atoms with E-state index >= 15 is 0 Å². The van der Waals surface area contributed by atoms with Crippen LogP contribution in [0, 0.1) is 11.3 Å². The van der Waals surface area contributed by atoms with E-state index in [0.717, 1.165) is 0 Å². The molecular weight excluding hydrogens is 170 g/mol. The summed E-state index contributed by atoms with van der Waals surface area (Å²) in [4.78, 5) is 21.8. The lowest BCUT2D eigenvalue weighted by Crippen LogP contribution is -2.38. The lowest BCUT2D eigenvalue weighted by atomic mass is 9.96. The molecule has 0 radical (unpaired) electrons. The maximum atomic E-state index is 11.1. The van der Waals surface area contributed by atoms with Crippen molar-refractivity contribution in [1.82, 2.24) is 0 Å². The van der Waals surface area contributed by atoms with Crippen LogP contribution in [0.3, 0.4) is 0 Å². The van der Waals surface area contributed by atoms with Gasteiger partial charge in [0.2, 0.25) is 0 Å². The Morgan fingerprint density at radius 1 is 1.46 bits per heavy atom. The fraction of sp³-hybridized carbons (Fsp3) is 0.667. The van der Waals surface area contributed by atoms with E-state index in [1.54, 1.807) is 0 Å². The Hall–Kier alpha value is -1.37. The van der Waals surface area contributed by atoms with Crippen molar-refractivity contribution in [2.45, 2.75) is 39.2 Å². The molecule has 1 unspecified atom stereocenters. The number of nitriles is 1. The zero-order valence-electron chi connectivity index (χ0n) is 8.09. The number of rotatable bonds is 4. The molecule has 1 atom stereocenters. The molecular formula is C9H13NO3. The first-order valence-corrected chi connectivity index (χ1v) is 4.00. The Morgan fingerprint density at radius 2 is 2.00 bits per heavy atom. The highest BCUT2D eigenvalue weighted by atomic mass is 16.6. The van der Waals surface area contributed by atoms with Crippen LogP contribution in [0.1, 0.15) is 33.6 Å². The van der Waals surface area contributed by atoms with E-state index in [2.05, 4.69) is 0 Å². The van der Waals surface area contributed by atoms with Gasteiger partial charge in [0.15, 0.2) is 11.4 Å². The van der Waals surface area contributed by atoms with Crippen LogP contribution >= 0.6 is 0 Å². The van der Waals surface area contributed by atoms with Crippen LogP contribution in [0.5, 0.6) is 0 Å². The molecule has 0 fully saturated rings. The van der Waals surface area contributed by atoms with Crippen molar-refractivity contribution in [3.63, 3.8) is 0 Å². The third-order valence-corrected chi connectivity index (χ3v) is 1.83. The Labute approximate surface area is 77.5 Å². The van der Waals surface area contributed by atoms with Crippen molar-refractivity contribution < 1.29 is 14.3 Å². The number of carbonyl (C=O) groups is 2. The number of ketones is 1. The van der Waals surface area contributed by atoms with Crippen LogP contribution < -0.4 is 0 Å². The topological polar surface area (TPSA) is 67.2 Å². The van der Waals surface area contributed by atoms with Gasteiger partial charge in [-0.1, -0.05) is 0 Å². The van der Waals surface area contributed by atoms with E-state index in [-0.39, 0.29) is 18.6 Å². The SMILES string of the molecule is CC(=O)OC(C)(CCC#N)C(C)=O. The molecule has 0 aromatic heterocycles. The summed E-state index contributed by atoms with van der Waals surface area (Å²) in [6.07, 6.45) is 0.446. The first-order valence-electron chi connectivity index (χ1n) is 4.00. The summed E-state index contributed by atoms with van der Waals surface area (Å²) in [6, 6.07) is 1.91. The van der Waals surface area contributed by atoms with Gasteiger partial charge < -0.3 is 4.74 Å². The normalized spacial score (nSPS) is 14.0. The van der Waals surface area contributed by atoms with E-state index in [1.165, 1.54) is 20.8 Å². The van der Waals surface area contributed by atoms with Gasteiger partial charge in [-0.15, -0.1) is 0 Å². The summed E-state index contributed by atoms with van der Waals surface area (Å²) in [6.45, 7) is 4.11. The highest BCUT2D eigenvalue weighted by molar-refractivity contribution is 5.86. The molecule has 0 aliphatic heterocycles. The first-order chi connectivity index (χ1) is 5.92. The van der Waals surface area contributed by atoms with Crippen LogP contribution in [0.15, 0.2) is 0 Å². The van der Waals surface area contributed by atoms with Gasteiger partial charge in [-0.3, -0.25) is 9.59 Å². The highest BCUT2D eigenvalue weighted by Gasteiger charge is 2.32. The zero-order chi connectivity index (χ0) is 10.5. The molecule has 0 rings (SSSR count). The maximum absolute atomic E-state index is 11.1. The second-order valence-electron chi connectivity index (χ2n) is 3.04. The summed E-state index contributed by atoms with van der Waals surface area (Å²) < 4.78 is 4.86. The molecule has 0 aliphatic rings. The number of ether oxygens (including phenoxy) is 1. The molecule has 4 heteroatoms. The van der Waals surface area contributed by atoms with Crippen molar-refractivity contribution in [2.75, 3.05) is 0 Å². The molecule has 0 aromatic rings. The Balaban J connectivity index is 4.45. The molecule has 72 valence electrons. The van der Waals surface area contributed by atoms with Gasteiger partial charge in [0, 0.05) is 19.8 Å². The largest absolute Gasteiger partial charge is 0.452 e. The number of nitrogens with zero attached hydrogens (tertiary/aromatic N) is 1. The second-order valence-corrected chi connectivity index (χ2v) is 3.04. The van der Waals surface area contributed by atoms with Gasteiger partial charge in [0.1, 0.15) is 0 Å². The molecule has 0 saturated carbocycles.